The fourth-order valence-corrected chi connectivity index (χ4v) is 4.95. The molecule has 2 heterocycles. The Bertz CT molecular complexity index is 1170. The van der Waals surface area contributed by atoms with Crippen LogP contribution in [0.5, 0.6) is 0 Å². The van der Waals surface area contributed by atoms with Gasteiger partial charge in [-0.1, -0.05) is 58.0 Å². The van der Waals surface area contributed by atoms with Crippen LogP contribution in [0.25, 0.3) is 11.0 Å². The number of aromatic nitrogens is 2. The summed E-state index contributed by atoms with van der Waals surface area (Å²) >= 11 is 0. The first kappa shape index (κ1) is 24.0. The van der Waals surface area contributed by atoms with Crippen LogP contribution in [0.15, 0.2) is 48.5 Å². The van der Waals surface area contributed by atoms with Gasteiger partial charge in [-0.2, -0.15) is 0 Å². The Morgan fingerprint density at radius 2 is 1.68 bits per heavy atom. The smallest absolute Gasteiger partial charge is 0.242 e. The molecule has 0 N–H and O–H groups in total. The fraction of sp³-hybridized carbons (Fsp3) is 0.464. The van der Waals surface area contributed by atoms with Gasteiger partial charge < -0.3 is 14.4 Å². The Balaban J connectivity index is 1.66. The van der Waals surface area contributed by atoms with E-state index in [1.54, 1.807) is 0 Å². The van der Waals surface area contributed by atoms with Crippen molar-refractivity contribution in [1.29, 1.82) is 0 Å². The molecule has 1 aliphatic heterocycles. The van der Waals surface area contributed by atoms with Crippen molar-refractivity contribution in [1.82, 2.24) is 14.5 Å². The third-order valence-corrected chi connectivity index (χ3v) is 6.40. The van der Waals surface area contributed by atoms with E-state index >= 15 is 0 Å². The maximum absolute atomic E-state index is 13.5. The first-order valence-corrected chi connectivity index (χ1v) is 12.3. The molecule has 3 aromatic rings. The van der Waals surface area contributed by atoms with Crippen LogP contribution in [0.3, 0.4) is 0 Å². The van der Waals surface area contributed by atoms with Gasteiger partial charge in [-0.25, -0.2) is 4.98 Å². The SMILES string of the molecule is Cc1ccccc1N1CC(c2nc3ccccc3n2CC(=O)N(CC(C)C)CC(C)C)CC1=O. The summed E-state index contributed by atoms with van der Waals surface area (Å²) in [5, 5.41) is 0. The predicted octanol–water partition coefficient (Wildman–Crippen LogP) is 5.01. The Labute approximate surface area is 202 Å². The van der Waals surface area contributed by atoms with E-state index in [0.29, 0.717) is 24.8 Å². The van der Waals surface area contributed by atoms with Gasteiger partial charge >= 0.3 is 0 Å². The molecule has 4 rings (SSSR count). The molecule has 0 radical (unpaired) electrons. The molecule has 6 nitrogen and oxygen atoms in total. The van der Waals surface area contributed by atoms with Crippen molar-refractivity contribution >= 4 is 28.5 Å². The zero-order valence-corrected chi connectivity index (χ0v) is 21.0. The molecule has 2 amide bonds. The Morgan fingerprint density at radius 3 is 2.35 bits per heavy atom. The quantitative estimate of drug-likeness (QED) is 0.475. The molecule has 1 aromatic heterocycles. The van der Waals surface area contributed by atoms with Crippen LogP contribution in [-0.2, 0) is 16.1 Å². The highest BCUT2D eigenvalue weighted by atomic mass is 16.2. The molecule has 1 atom stereocenters. The van der Waals surface area contributed by atoms with E-state index in [0.717, 1.165) is 41.2 Å². The van der Waals surface area contributed by atoms with Crippen molar-refractivity contribution < 1.29 is 9.59 Å². The van der Waals surface area contributed by atoms with Crippen molar-refractivity contribution in [3.63, 3.8) is 0 Å². The number of hydrogen-bond acceptors (Lipinski definition) is 3. The van der Waals surface area contributed by atoms with Gasteiger partial charge in [0, 0.05) is 37.7 Å². The van der Waals surface area contributed by atoms with E-state index in [4.69, 9.17) is 4.98 Å². The van der Waals surface area contributed by atoms with Crippen LogP contribution < -0.4 is 4.90 Å². The van der Waals surface area contributed by atoms with Gasteiger partial charge in [0.1, 0.15) is 12.4 Å². The molecule has 1 fully saturated rings. The minimum Gasteiger partial charge on any atom is -0.341 e. The normalized spacial score (nSPS) is 16.3. The van der Waals surface area contributed by atoms with E-state index in [2.05, 4.69) is 27.7 Å². The van der Waals surface area contributed by atoms with Gasteiger partial charge in [-0.3, -0.25) is 9.59 Å². The van der Waals surface area contributed by atoms with Crippen molar-refractivity contribution in [2.75, 3.05) is 24.5 Å². The van der Waals surface area contributed by atoms with Crippen molar-refractivity contribution in [2.45, 2.75) is 53.5 Å². The summed E-state index contributed by atoms with van der Waals surface area (Å²) in [5.41, 5.74) is 3.85. The molecule has 1 aliphatic rings. The number of para-hydroxylation sites is 3. The number of benzene rings is 2. The summed E-state index contributed by atoms with van der Waals surface area (Å²) in [6.45, 7) is 12.9. The van der Waals surface area contributed by atoms with Crippen LogP contribution in [0.2, 0.25) is 0 Å². The lowest BCUT2D eigenvalue weighted by molar-refractivity contribution is -0.132. The number of amides is 2. The number of nitrogens with zero attached hydrogens (tertiary/aromatic N) is 4. The average molecular weight is 461 g/mol. The molecular formula is C28H36N4O2. The largest absolute Gasteiger partial charge is 0.341 e. The number of imidazole rings is 1. The zero-order chi connectivity index (χ0) is 24.4. The van der Waals surface area contributed by atoms with E-state index < -0.39 is 0 Å². The van der Waals surface area contributed by atoms with Gasteiger partial charge in [-0.15, -0.1) is 0 Å². The Hall–Kier alpha value is -3.15. The van der Waals surface area contributed by atoms with Crippen LogP contribution in [0, 0.1) is 18.8 Å². The minimum absolute atomic E-state index is 0.0593. The first-order valence-electron chi connectivity index (χ1n) is 12.3. The summed E-state index contributed by atoms with van der Waals surface area (Å²) in [5.74, 6) is 1.77. The van der Waals surface area contributed by atoms with E-state index in [1.165, 1.54) is 0 Å². The second kappa shape index (κ2) is 10.00. The maximum atomic E-state index is 13.5. The van der Waals surface area contributed by atoms with Crippen LogP contribution in [-0.4, -0.2) is 45.9 Å². The number of carbonyl (C=O) groups excluding carboxylic acids is 2. The number of aryl methyl sites for hydroxylation is 1. The molecule has 34 heavy (non-hydrogen) atoms. The average Bonchev–Trinajstić information content (AvgIpc) is 3.33. The highest BCUT2D eigenvalue weighted by Gasteiger charge is 2.35. The zero-order valence-electron chi connectivity index (χ0n) is 21.0. The van der Waals surface area contributed by atoms with Crippen LogP contribution >= 0.6 is 0 Å². The topological polar surface area (TPSA) is 58.4 Å². The van der Waals surface area contributed by atoms with Gasteiger partial charge in [0.15, 0.2) is 0 Å². The van der Waals surface area contributed by atoms with Crippen molar-refractivity contribution in [3.8, 4) is 0 Å². The van der Waals surface area contributed by atoms with Gasteiger partial charge in [-0.05, 0) is 42.5 Å². The number of hydrogen-bond donors (Lipinski definition) is 0. The second-order valence-corrected chi connectivity index (χ2v) is 10.3. The molecular weight excluding hydrogens is 424 g/mol. The molecule has 0 saturated carbocycles. The Kier molecular flexibility index (Phi) is 7.05. The van der Waals surface area contributed by atoms with E-state index in [9.17, 15) is 9.59 Å². The molecule has 1 unspecified atom stereocenters. The lowest BCUT2D eigenvalue weighted by Gasteiger charge is -2.27. The molecule has 2 aromatic carbocycles. The van der Waals surface area contributed by atoms with Crippen molar-refractivity contribution in [3.05, 3.63) is 59.9 Å². The molecule has 180 valence electrons. The monoisotopic (exact) mass is 460 g/mol. The molecule has 0 aliphatic carbocycles. The Morgan fingerprint density at radius 1 is 1.03 bits per heavy atom. The summed E-state index contributed by atoms with van der Waals surface area (Å²) in [4.78, 5) is 35.3. The lowest BCUT2D eigenvalue weighted by Crippen LogP contribution is -2.39. The van der Waals surface area contributed by atoms with Gasteiger partial charge in [0.25, 0.3) is 0 Å². The predicted molar refractivity (Wildman–Crippen MR) is 137 cm³/mol. The summed E-state index contributed by atoms with van der Waals surface area (Å²) < 4.78 is 2.05. The number of carbonyl (C=O) groups is 2. The molecule has 6 heteroatoms. The van der Waals surface area contributed by atoms with Crippen LogP contribution in [0.1, 0.15) is 51.4 Å². The number of anilines is 1. The highest BCUT2D eigenvalue weighted by molar-refractivity contribution is 5.97. The standard InChI is InChI=1S/C28H36N4O2/c1-19(2)15-30(16-20(3)4)27(34)18-32-25-13-9-7-11-23(25)29-28(32)22-14-26(33)31(17-22)24-12-8-6-10-21(24)5/h6-13,19-20,22H,14-18H2,1-5H3. The van der Waals surface area contributed by atoms with Gasteiger partial charge in [0.05, 0.1) is 11.0 Å². The highest BCUT2D eigenvalue weighted by Crippen LogP contribution is 2.34. The maximum Gasteiger partial charge on any atom is 0.242 e. The first-order chi connectivity index (χ1) is 16.2. The van der Waals surface area contributed by atoms with Gasteiger partial charge in [0.2, 0.25) is 11.8 Å². The summed E-state index contributed by atoms with van der Waals surface area (Å²) in [7, 11) is 0. The third-order valence-electron chi connectivity index (χ3n) is 6.40. The molecule has 0 bridgehead atoms. The van der Waals surface area contributed by atoms with E-state index in [1.807, 2.05) is 69.8 Å². The summed E-state index contributed by atoms with van der Waals surface area (Å²) in [6, 6.07) is 15.9. The number of fused-ring (bicyclic) bond motifs is 1. The lowest BCUT2D eigenvalue weighted by atomic mass is 10.1. The molecule has 1 saturated heterocycles. The second-order valence-electron chi connectivity index (χ2n) is 10.3. The van der Waals surface area contributed by atoms with Crippen molar-refractivity contribution in [2.24, 2.45) is 11.8 Å². The molecule has 0 spiro atoms. The third kappa shape index (κ3) is 5.01. The minimum atomic E-state index is -0.0593. The fourth-order valence-electron chi connectivity index (χ4n) is 4.95. The van der Waals surface area contributed by atoms with Crippen LogP contribution in [0.4, 0.5) is 5.69 Å². The number of rotatable bonds is 8. The van der Waals surface area contributed by atoms with E-state index in [-0.39, 0.29) is 24.3 Å². The summed E-state index contributed by atoms with van der Waals surface area (Å²) in [6.07, 6.45) is 0.396.